The predicted octanol–water partition coefficient (Wildman–Crippen LogP) is 7.43. The highest BCUT2D eigenvalue weighted by molar-refractivity contribution is 7.13. The summed E-state index contributed by atoms with van der Waals surface area (Å²) < 4.78 is 0. The van der Waals surface area contributed by atoms with E-state index in [1.54, 1.807) is 11.3 Å². The summed E-state index contributed by atoms with van der Waals surface area (Å²) in [6, 6.07) is 17.4. The molecule has 0 aliphatic rings. The van der Waals surface area contributed by atoms with Gasteiger partial charge in [0.15, 0.2) is 0 Å². The van der Waals surface area contributed by atoms with E-state index in [0.717, 1.165) is 20.9 Å². The number of carbonyl (C=O) groups excluding carboxylic acids is 1. The topological polar surface area (TPSA) is 82.5 Å². The Hall–Kier alpha value is -2.91. The summed E-state index contributed by atoms with van der Waals surface area (Å²) in [7, 11) is 0. The van der Waals surface area contributed by atoms with Crippen LogP contribution in [0.25, 0.3) is 10.4 Å². The van der Waals surface area contributed by atoms with Crippen LogP contribution in [0.15, 0.2) is 71.4 Å². The summed E-state index contributed by atoms with van der Waals surface area (Å²) in [4.78, 5) is 32.5. The summed E-state index contributed by atoms with van der Waals surface area (Å²) in [5.41, 5.74) is 2.32. The summed E-state index contributed by atoms with van der Waals surface area (Å²) >= 11 is 15.0. The standard InChI is InChI=1S/C24H19Cl2N3O3S2/c25-21-11-17(12-22(26)28-21)27-24(32)29(18(13-23(30)31)20-4-2-10-34-20)14-15-5-7-16(8-6-15)19-3-1-9-33-19/h1-12,18H,13-14H2,(H,30,31)(H,27,28,32). The van der Waals surface area contributed by atoms with E-state index in [0.29, 0.717) is 5.69 Å². The second-order valence-electron chi connectivity index (χ2n) is 7.36. The van der Waals surface area contributed by atoms with Gasteiger partial charge in [0, 0.05) is 22.0 Å². The van der Waals surface area contributed by atoms with Gasteiger partial charge in [-0.1, -0.05) is 59.6 Å². The molecule has 2 N–H and O–H groups in total. The Balaban J connectivity index is 1.65. The minimum Gasteiger partial charge on any atom is -0.481 e. The highest BCUT2D eigenvalue weighted by Crippen LogP contribution is 2.32. The lowest BCUT2D eigenvalue weighted by Gasteiger charge is -2.31. The van der Waals surface area contributed by atoms with Crippen LogP contribution in [0.4, 0.5) is 10.5 Å². The monoisotopic (exact) mass is 531 g/mol. The highest BCUT2D eigenvalue weighted by atomic mass is 35.5. The van der Waals surface area contributed by atoms with Crippen molar-refractivity contribution < 1.29 is 14.7 Å². The molecule has 1 unspecified atom stereocenters. The lowest BCUT2D eigenvalue weighted by molar-refractivity contribution is -0.138. The van der Waals surface area contributed by atoms with Gasteiger partial charge in [-0.05, 0) is 46.2 Å². The van der Waals surface area contributed by atoms with E-state index >= 15 is 0 Å². The van der Waals surface area contributed by atoms with Gasteiger partial charge in [-0.15, -0.1) is 22.7 Å². The van der Waals surface area contributed by atoms with E-state index in [2.05, 4.69) is 10.3 Å². The maximum Gasteiger partial charge on any atom is 0.322 e. The maximum absolute atomic E-state index is 13.4. The molecule has 4 aromatic rings. The fourth-order valence-electron chi connectivity index (χ4n) is 3.48. The number of hydrogen-bond donors (Lipinski definition) is 2. The maximum atomic E-state index is 13.4. The summed E-state index contributed by atoms with van der Waals surface area (Å²) in [6.07, 6.45) is -0.237. The molecular weight excluding hydrogens is 513 g/mol. The van der Waals surface area contributed by atoms with Gasteiger partial charge in [0.2, 0.25) is 0 Å². The van der Waals surface area contributed by atoms with Crippen molar-refractivity contribution in [1.29, 1.82) is 0 Å². The Morgan fingerprint density at radius 1 is 1.00 bits per heavy atom. The van der Waals surface area contributed by atoms with Gasteiger partial charge in [0.25, 0.3) is 0 Å². The van der Waals surface area contributed by atoms with Crippen LogP contribution >= 0.6 is 45.9 Å². The number of carbonyl (C=O) groups is 2. The third-order valence-electron chi connectivity index (χ3n) is 5.00. The van der Waals surface area contributed by atoms with E-state index in [4.69, 9.17) is 23.2 Å². The molecule has 0 aliphatic carbocycles. The molecule has 3 heterocycles. The van der Waals surface area contributed by atoms with Crippen molar-refractivity contribution in [3.63, 3.8) is 0 Å². The fraction of sp³-hybridized carbons (Fsp3) is 0.125. The van der Waals surface area contributed by atoms with Gasteiger partial charge in [-0.25, -0.2) is 9.78 Å². The number of benzene rings is 1. The second-order valence-corrected chi connectivity index (χ2v) is 10.1. The molecule has 0 saturated carbocycles. The first-order valence-electron chi connectivity index (χ1n) is 10.2. The lowest BCUT2D eigenvalue weighted by atomic mass is 10.1. The molecule has 0 aliphatic heterocycles. The smallest absolute Gasteiger partial charge is 0.322 e. The molecule has 0 spiro atoms. The molecule has 0 fully saturated rings. The van der Waals surface area contributed by atoms with E-state index < -0.39 is 18.0 Å². The Bertz CT molecular complexity index is 1240. The molecule has 0 bridgehead atoms. The molecule has 0 saturated heterocycles. The van der Waals surface area contributed by atoms with Crippen molar-refractivity contribution in [3.05, 3.63) is 92.2 Å². The number of thiophene rings is 2. The van der Waals surface area contributed by atoms with Crippen molar-refractivity contribution >= 4 is 63.6 Å². The zero-order valence-electron chi connectivity index (χ0n) is 17.7. The number of anilines is 1. The van der Waals surface area contributed by atoms with Gasteiger partial charge in [-0.3, -0.25) is 4.79 Å². The third kappa shape index (κ3) is 6.15. The number of rotatable bonds is 8. The quantitative estimate of drug-likeness (QED) is 0.231. The zero-order valence-corrected chi connectivity index (χ0v) is 20.8. The van der Waals surface area contributed by atoms with Crippen LogP contribution in [0.2, 0.25) is 10.3 Å². The summed E-state index contributed by atoms with van der Waals surface area (Å²) in [5, 5.41) is 16.5. The third-order valence-corrected chi connectivity index (χ3v) is 7.28. The fourth-order valence-corrected chi connectivity index (χ4v) is 5.51. The first-order chi connectivity index (χ1) is 16.4. The summed E-state index contributed by atoms with van der Waals surface area (Å²) in [6.45, 7) is 0.207. The van der Waals surface area contributed by atoms with Crippen molar-refractivity contribution in [2.75, 3.05) is 5.32 Å². The summed E-state index contributed by atoms with van der Waals surface area (Å²) in [5.74, 6) is -1.00. The Kier molecular flexibility index (Phi) is 7.84. The Labute approximate surface area is 214 Å². The van der Waals surface area contributed by atoms with Crippen molar-refractivity contribution in [2.45, 2.75) is 19.0 Å². The number of pyridine rings is 1. The van der Waals surface area contributed by atoms with Crippen LogP contribution < -0.4 is 5.32 Å². The zero-order chi connectivity index (χ0) is 24.1. The molecule has 2 amide bonds. The number of carboxylic acid groups (broad SMARTS) is 1. The van der Waals surface area contributed by atoms with Gasteiger partial charge in [-0.2, -0.15) is 0 Å². The number of carboxylic acids is 1. The normalized spacial score (nSPS) is 11.7. The van der Waals surface area contributed by atoms with Gasteiger partial charge in [0.05, 0.1) is 12.5 Å². The molecule has 1 atom stereocenters. The van der Waals surface area contributed by atoms with E-state index in [1.165, 1.54) is 28.4 Å². The van der Waals surface area contributed by atoms with Crippen LogP contribution in [0.5, 0.6) is 0 Å². The lowest BCUT2D eigenvalue weighted by Crippen LogP contribution is -2.38. The molecular formula is C24H19Cl2N3O3S2. The number of nitrogens with one attached hydrogen (secondary N) is 1. The molecule has 0 radical (unpaired) electrons. The molecule has 6 nitrogen and oxygen atoms in total. The Morgan fingerprint density at radius 2 is 1.68 bits per heavy atom. The van der Waals surface area contributed by atoms with Gasteiger partial charge >= 0.3 is 12.0 Å². The van der Waals surface area contributed by atoms with Gasteiger partial charge in [0.1, 0.15) is 10.3 Å². The van der Waals surface area contributed by atoms with Crippen LogP contribution in [-0.4, -0.2) is 27.0 Å². The highest BCUT2D eigenvalue weighted by Gasteiger charge is 2.29. The van der Waals surface area contributed by atoms with Crippen LogP contribution in [-0.2, 0) is 11.3 Å². The van der Waals surface area contributed by atoms with Crippen molar-refractivity contribution in [1.82, 2.24) is 9.88 Å². The van der Waals surface area contributed by atoms with Crippen LogP contribution in [0.1, 0.15) is 22.9 Å². The predicted molar refractivity (Wildman–Crippen MR) is 138 cm³/mol. The number of halogens is 2. The molecule has 1 aromatic carbocycles. The largest absolute Gasteiger partial charge is 0.481 e. The number of aliphatic carboxylic acids is 1. The minimum atomic E-state index is -1.00. The molecule has 10 heteroatoms. The van der Waals surface area contributed by atoms with Crippen molar-refractivity contribution in [3.8, 4) is 10.4 Å². The molecule has 174 valence electrons. The first-order valence-corrected chi connectivity index (χ1v) is 12.7. The second kappa shape index (κ2) is 11.0. The number of aromatic nitrogens is 1. The SMILES string of the molecule is O=C(O)CC(c1cccs1)N(Cc1ccc(-c2cccs2)cc1)C(=O)Nc1cc(Cl)nc(Cl)c1. The number of urea groups is 1. The average Bonchev–Trinajstić information content (AvgIpc) is 3.50. The van der Waals surface area contributed by atoms with Gasteiger partial charge < -0.3 is 15.3 Å². The Morgan fingerprint density at radius 3 is 2.26 bits per heavy atom. The number of nitrogens with zero attached hydrogens (tertiary/aromatic N) is 2. The van der Waals surface area contributed by atoms with Crippen molar-refractivity contribution in [2.24, 2.45) is 0 Å². The van der Waals surface area contributed by atoms with E-state index in [-0.39, 0.29) is 23.3 Å². The number of hydrogen-bond acceptors (Lipinski definition) is 5. The van der Waals surface area contributed by atoms with E-state index in [9.17, 15) is 14.7 Å². The minimum absolute atomic E-state index is 0.138. The molecule has 34 heavy (non-hydrogen) atoms. The number of amides is 2. The first kappa shape index (κ1) is 24.2. The average molecular weight is 532 g/mol. The molecule has 4 rings (SSSR count). The van der Waals surface area contributed by atoms with Crippen LogP contribution in [0.3, 0.4) is 0 Å². The van der Waals surface area contributed by atoms with Crippen LogP contribution in [0, 0.1) is 0 Å². The molecule has 3 aromatic heterocycles. The van der Waals surface area contributed by atoms with E-state index in [1.807, 2.05) is 59.3 Å².